The number of nitrogens with one attached hydrogen (secondary N) is 1. The molecule has 3 heteroatoms. The van der Waals surface area contributed by atoms with Gasteiger partial charge in [-0.05, 0) is 13.8 Å². The molecule has 3 nitrogen and oxygen atoms in total. The van der Waals surface area contributed by atoms with Crippen molar-refractivity contribution in [2.24, 2.45) is 0 Å². The van der Waals surface area contributed by atoms with Crippen LogP contribution in [0.15, 0.2) is 24.8 Å². The van der Waals surface area contributed by atoms with Gasteiger partial charge in [-0.25, -0.2) is 9.55 Å². The van der Waals surface area contributed by atoms with Gasteiger partial charge in [0, 0.05) is 12.3 Å². The molecular weight excluding hydrogens is 150 g/mol. The monoisotopic (exact) mass is 162 g/mol. The van der Waals surface area contributed by atoms with Gasteiger partial charge < -0.3 is 0 Å². The van der Waals surface area contributed by atoms with Crippen LogP contribution in [-0.4, -0.2) is 9.97 Å². The summed E-state index contributed by atoms with van der Waals surface area (Å²) in [7, 11) is 0. The van der Waals surface area contributed by atoms with Gasteiger partial charge in [0.05, 0.1) is 12.2 Å². The topological polar surface area (TPSA) is 32.6 Å². The lowest BCUT2D eigenvalue weighted by Gasteiger charge is -1.98. The number of hydrogen-bond acceptors (Lipinski definition) is 1. The Hall–Kier alpha value is -1.38. The Morgan fingerprint density at radius 1 is 1.50 bits per heavy atom. The number of rotatable bonds is 1. The van der Waals surface area contributed by atoms with Gasteiger partial charge in [-0.1, -0.05) is 0 Å². The highest BCUT2D eigenvalue weighted by Crippen LogP contribution is 2.06. The average Bonchev–Trinajstić information content (AvgIpc) is 2.47. The zero-order valence-corrected chi connectivity index (χ0v) is 7.28. The van der Waals surface area contributed by atoms with E-state index in [0.717, 1.165) is 11.0 Å². The van der Waals surface area contributed by atoms with Crippen molar-refractivity contribution in [1.82, 2.24) is 9.97 Å². The zero-order valence-electron chi connectivity index (χ0n) is 7.28. The predicted octanol–water partition coefficient (Wildman–Crippen LogP) is 1.43. The second kappa shape index (κ2) is 2.59. The number of pyridine rings is 1. The lowest BCUT2D eigenvalue weighted by molar-refractivity contribution is -0.691. The quantitative estimate of drug-likeness (QED) is 0.632. The smallest absolute Gasteiger partial charge is 0.242 e. The van der Waals surface area contributed by atoms with Crippen molar-refractivity contribution in [2.75, 3.05) is 0 Å². The lowest BCUT2D eigenvalue weighted by atomic mass is 10.3. The summed E-state index contributed by atoms with van der Waals surface area (Å²) in [6.07, 6.45) is 5.66. The lowest BCUT2D eigenvalue weighted by Crippen LogP contribution is -2.34. The summed E-state index contributed by atoms with van der Waals surface area (Å²) >= 11 is 0. The van der Waals surface area contributed by atoms with Crippen LogP contribution in [-0.2, 0) is 0 Å². The molecule has 2 aromatic rings. The highest BCUT2D eigenvalue weighted by Gasteiger charge is 2.10. The van der Waals surface area contributed by atoms with Crippen LogP contribution in [0.25, 0.3) is 11.0 Å². The van der Waals surface area contributed by atoms with Gasteiger partial charge in [-0.15, -0.1) is 0 Å². The maximum Gasteiger partial charge on any atom is 0.242 e. The summed E-state index contributed by atoms with van der Waals surface area (Å²) in [5.41, 5.74) is 2.30. The predicted molar refractivity (Wildman–Crippen MR) is 46.7 cm³/mol. The third kappa shape index (κ3) is 0.978. The molecule has 1 N–H and O–H groups in total. The van der Waals surface area contributed by atoms with Crippen LogP contribution >= 0.6 is 0 Å². The molecule has 0 unspecified atom stereocenters. The third-order valence-corrected chi connectivity index (χ3v) is 1.99. The Morgan fingerprint density at radius 3 is 3.08 bits per heavy atom. The molecule has 0 radical (unpaired) electrons. The SMILES string of the molecule is CC(C)[n+]1c[nH]c2ccncc21. The van der Waals surface area contributed by atoms with Crippen molar-refractivity contribution in [3.8, 4) is 0 Å². The van der Waals surface area contributed by atoms with Crippen molar-refractivity contribution in [1.29, 1.82) is 0 Å². The number of hydrogen-bond donors (Lipinski definition) is 1. The van der Waals surface area contributed by atoms with Crippen LogP contribution < -0.4 is 4.57 Å². The summed E-state index contributed by atoms with van der Waals surface area (Å²) in [4.78, 5) is 7.28. The molecule has 2 aromatic heterocycles. The Kier molecular flexibility index (Phi) is 1.57. The fourth-order valence-electron chi connectivity index (χ4n) is 1.35. The zero-order chi connectivity index (χ0) is 8.55. The molecule has 62 valence electrons. The van der Waals surface area contributed by atoms with E-state index in [9.17, 15) is 0 Å². The van der Waals surface area contributed by atoms with Crippen molar-refractivity contribution in [2.45, 2.75) is 19.9 Å². The fourth-order valence-corrected chi connectivity index (χ4v) is 1.35. The molecule has 0 aliphatic heterocycles. The molecule has 0 spiro atoms. The largest absolute Gasteiger partial charge is 0.260 e. The van der Waals surface area contributed by atoms with E-state index >= 15 is 0 Å². The summed E-state index contributed by atoms with van der Waals surface area (Å²) in [6, 6.07) is 2.46. The van der Waals surface area contributed by atoms with E-state index < -0.39 is 0 Å². The fraction of sp³-hybridized carbons (Fsp3) is 0.333. The van der Waals surface area contributed by atoms with Crippen molar-refractivity contribution >= 4 is 11.0 Å². The summed E-state index contributed by atoms with van der Waals surface area (Å²) in [6.45, 7) is 4.31. The molecule has 0 aliphatic rings. The molecule has 0 aliphatic carbocycles. The van der Waals surface area contributed by atoms with Crippen LogP contribution in [0.5, 0.6) is 0 Å². The number of aromatic amines is 1. The molecule has 0 saturated heterocycles. The number of aromatic nitrogens is 3. The van der Waals surface area contributed by atoms with Crippen molar-refractivity contribution in [3.63, 3.8) is 0 Å². The molecule has 0 bridgehead atoms. The first-order chi connectivity index (χ1) is 5.79. The average molecular weight is 162 g/mol. The van der Waals surface area contributed by atoms with E-state index in [1.54, 1.807) is 6.20 Å². The van der Waals surface area contributed by atoms with Gasteiger partial charge in [0.2, 0.25) is 6.33 Å². The second-order valence-electron chi connectivity index (χ2n) is 3.17. The normalized spacial score (nSPS) is 11.2. The first-order valence-corrected chi connectivity index (χ1v) is 4.11. The number of H-pyrrole nitrogens is 1. The van der Waals surface area contributed by atoms with E-state index in [4.69, 9.17) is 0 Å². The minimum Gasteiger partial charge on any atom is -0.260 e. The molecule has 0 amide bonds. The molecule has 2 rings (SSSR count). The summed E-state index contributed by atoms with van der Waals surface area (Å²) in [5.74, 6) is 0. The molecule has 0 saturated carbocycles. The van der Waals surface area contributed by atoms with Gasteiger partial charge in [-0.3, -0.25) is 4.98 Å². The minimum absolute atomic E-state index is 0.475. The minimum atomic E-state index is 0.475. The maximum absolute atomic E-state index is 4.09. The summed E-state index contributed by atoms with van der Waals surface area (Å²) in [5, 5.41) is 0. The maximum atomic E-state index is 4.09. The highest BCUT2D eigenvalue weighted by atomic mass is 15.1. The van der Waals surface area contributed by atoms with Gasteiger partial charge in [0.25, 0.3) is 0 Å². The first-order valence-electron chi connectivity index (χ1n) is 4.11. The van der Waals surface area contributed by atoms with Gasteiger partial charge in [0.15, 0.2) is 11.0 Å². The molecule has 2 heterocycles. The number of nitrogens with zero attached hydrogens (tertiary/aromatic N) is 2. The van der Waals surface area contributed by atoms with E-state index in [-0.39, 0.29) is 0 Å². The number of fused-ring (bicyclic) bond motifs is 1. The van der Waals surface area contributed by atoms with E-state index in [0.29, 0.717) is 6.04 Å². The van der Waals surface area contributed by atoms with E-state index in [1.807, 2.05) is 18.6 Å². The Balaban J connectivity index is 2.70. The first kappa shape index (κ1) is 7.28. The van der Waals surface area contributed by atoms with Gasteiger partial charge >= 0.3 is 0 Å². The molecular formula is C9H12N3+. The molecule has 12 heavy (non-hydrogen) atoms. The molecule has 0 aromatic carbocycles. The van der Waals surface area contributed by atoms with E-state index in [2.05, 4.69) is 28.4 Å². The summed E-state index contributed by atoms with van der Waals surface area (Å²) < 4.78 is 2.17. The second-order valence-corrected chi connectivity index (χ2v) is 3.17. The van der Waals surface area contributed by atoms with Gasteiger partial charge in [-0.2, -0.15) is 0 Å². The van der Waals surface area contributed by atoms with E-state index in [1.165, 1.54) is 0 Å². The van der Waals surface area contributed by atoms with Gasteiger partial charge in [0.1, 0.15) is 0 Å². The standard InChI is InChI=1S/C9H11N3/c1-7(2)12-6-11-8-3-4-10-5-9(8)12/h3-7H,1-2H3/p+1. The van der Waals surface area contributed by atoms with Crippen LogP contribution in [0, 0.1) is 0 Å². The highest BCUT2D eigenvalue weighted by molar-refractivity contribution is 5.68. The van der Waals surface area contributed by atoms with Crippen molar-refractivity contribution in [3.05, 3.63) is 24.8 Å². The Labute approximate surface area is 71.1 Å². The Morgan fingerprint density at radius 2 is 2.33 bits per heavy atom. The molecule has 0 atom stereocenters. The van der Waals surface area contributed by atoms with Crippen LogP contribution in [0.3, 0.4) is 0 Å². The number of imidazole rings is 1. The third-order valence-electron chi connectivity index (χ3n) is 1.99. The molecule has 0 fully saturated rings. The van der Waals surface area contributed by atoms with Crippen LogP contribution in [0.2, 0.25) is 0 Å². The van der Waals surface area contributed by atoms with Crippen LogP contribution in [0.4, 0.5) is 0 Å². The van der Waals surface area contributed by atoms with Crippen LogP contribution in [0.1, 0.15) is 19.9 Å². The Bertz CT molecular complexity index is 389. The van der Waals surface area contributed by atoms with Crippen molar-refractivity contribution < 1.29 is 4.57 Å².